The van der Waals surface area contributed by atoms with Gasteiger partial charge < -0.3 is 10.6 Å². The first-order valence-corrected chi connectivity index (χ1v) is 5.81. The van der Waals surface area contributed by atoms with E-state index in [1.807, 2.05) is 11.8 Å². The zero-order valence-corrected chi connectivity index (χ0v) is 9.25. The van der Waals surface area contributed by atoms with Crippen LogP contribution >= 0.6 is 24.0 Å². The Labute approximate surface area is 83.9 Å². The topological polar surface area (TPSA) is 29.3 Å². The van der Waals surface area contributed by atoms with Gasteiger partial charge in [-0.1, -0.05) is 26.1 Å². The Kier molecular flexibility index (Phi) is 3.80. The molecule has 0 amide bonds. The quantitative estimate of drug-likeness (QED) is 0.687. The minimum absolute atomic E-state index is 0.0544. The summed E-state index contributed by atoms with van der Waals surface area (Å²) in [5, 5.41) is 0. The summed E-state index contributed by atoms with van der Waals surface area (Å²) in [4.78, 5) is 3.15. The van der Waals surface area contributed by atoms with E-state index in [2.05, 4.69) is 18.7 Å². The third kappa shape index (κ3) is 2.34. The predicted molar refractivity (Wildman–Crippen MR) is 59.4 cm³/mol. The van der Waals surface area contributed by atoms with Crippen molar-refractivity contribution in [2.75, 3.05) is 18.2 Å². The van der Waals surface area contributed by atoms with Gasteiger partial charge in [-0.15, -0.1) is 11.8 Å². The van der Waals surface area contributed by atoms with Crippen molar-refractivity contribution in [1.82, 2.24) is 4.90 Å². The van der Waals surface area contributed by atoms with E-state index in [0.29, 0.717) is 5.92 Å². The predicted octanol–water partition coefficient (Wildman–Crippen LogP) is 1.30. The molecule has 1 aliphatic rings. The van der Waals surface area contributed by atoms with Gasteiger partial charge in [-0.3, -0.25) is 0 Å². The molecule has 0 unspecified atom stereocenters. The van der Waals surface area contributed by atoms with Crippen LogP contribution in [0, 0.1) is 5.92 Å². The van der Waals surface area contributed by atoms with Crippen LogP contribution in [0.15, 0.2) is 0 Å². The van der Waals surface area contributed by atoms with Crippen molar-refractivity contribution in [2.45, 2.75) is 19.9 Å². The summed E-state index contributed by atoms with van der Waals surface area (Å²) in [6, 6.07) is 0.0544. The Balaban J connectivity index is 2.45. The molecule has 0 bridgehead atoms. The fourth-order valence-corrected chi connectivity index (χ4v) is 2.56. The molecule has 2 nitrogen and oxygen atoms in total. The Bertz CT molecular complexity index is 160. The van der Waals surface area contributed by atoms with Gasteiger partial charge in [0.2, 0.25) is 0 Å². The molecule has 12 heavy (non-hydrogen) atoms. The van der Waals surface area contributed by atoms with Gasteiger partial charge in [0.15, 0.2) is 0 Å². The average molecular weight is 204 g/mol. The van der Waals surface area contributed by atoms with Crippen molar-refractivity contribution in [2.24, 2.45) is 11.7 Å². The van der Waals surface area contributed by atoms with Crippen molar-refractivity contribution in [3.63, 3.8) is 0 Å². The Morgan fingerprint density at radius 2 is 2.25 bits per heavy atom. The Hall–Kier alpha value is 0.200. The SMILES string of the molecule is CC(C)[C@H](N)C(=S)N1CCSC1. The third-order valence-electron chi connectivity index (χ3n) is 2.07. The van der Waals surface area contributed by atoms with Gasteiger partial charge in [0.05, 0.1) is 16.9 Å². The van der Waals surface area contributed by atoms with E-state index >= 15 is 0 Å². The first-order valence-electron chi connectivity index (χ1n) is 4.25. The van der Waals surface area contributed by atoms with Crippen LogP contribution in [0.2, 0.25) is 0 Å². The molecule has 0 aliphatic carbocycles. The standard InChI is InChI=1S/C8H16N2S2/c1-6(2)7(9)8(11)10-3-4-12-5-10/h6-7H,3-5,9H2,1-2H3/t7-/m0/s1. The highest BCUT2D eigenvalue weighted by Gasteiger charge is 2.21. The summed E-state index contributed by atoms with van der Waals surface area (Å²) >= 11 is 7.22. The molecule has 0 saturated carbocycles. The normalized spacial score (nSPS) is 20.2. The van der Waals surface area contributed by atoms with E-state index in [1.54, 1.807) is 0 Å². The molecule has 1 atom stereocenters. The fraction of sp³-hybridized carbons (Fsp3) is 0.875. The van der Waals surface area contributed by atoms with Crippen molar-refractivity contribution < 1.29 is 0 Å². The van der Waals surface area contributed by atoms with Crippen LogP contribution < -0.4 is 5.73 Å². The minimum Gasteiger partial charge on any atom is -0.355 e. The lowest BCUT2D eigenvalue weighted by Crippen LogP contribution is -2.44. The van der Waals surface area contributed by atoms with E-state index in [4.69, 9.17) is 18.0 Å². The average Bonchev–Trinajstić information content (AvgIpc) is 2.53. The maximum absolute atomic E-state index is 5.95. The molecular formula is C8H16N2S2. The number of rotatable bonds is 2. The highest BCUT2D eigenvalue weighted by Crippen LogP contribution is 2.16. The maximum atomic E-state index is 5.95. The molecule has 0 aromatic rings. The van der Waals surface area contributed by atoms with Gasteiger partial charge in [0, 0.05) is 12.3 Å². The summed E-state index contributed by atoms with van der Waals surface area (Å²) < 4.78 is 0. The molecule has 0 aromatic heterocycles. The van der Waals surface area contributed by atoms with Crippen molar-refractivity contribution in [3.8, 4) is 0 Å². The molecule has 1 fully saturated rings. The molecule has 0 spiro atoms. The smallest absolute Gasteiger partial charge is 0.0959 e. The van der Waals surface area contributed by atoms with Gasteiger partial charge in [-0.25, -0.2) is 0 Å². The number of thioether (sulfide) groups is 1. The monoisotopic (exact) mass is 204 g/mol. The summed E-state index contributed by atoms with van der Waals surface area (Å²) in [5.41, 5.74) is 5.95. The van der Waals surface area contributed by atoms with E-state index in [1.165, 1.54) is 5.75 Å². The molecule has 2 N–H and O–H groups in total. The maximum Gasteiger partial charge on any atom is 0.0959 e. The second-order valence-electron chi connectivity index (χ2n) is 3.41. The number of nitrogens with zero attached hydrogens (tertiary/aromatic N) is 1. The lowest BCUT2D eigenvalue weighted by atomic mass is 10.1. The number of nitrogens with two attached hydrogens (primary N) is 1. The van der Waals surface area contributed by atoms with Crippen LogP contribution in [0.1, 0.15) is 13.8 Å². The Morgan fingerprint density at radius 1 is 1.58 bits per heavy atom. The molecule has 1 rings (SSSR count). The van der Waals surface area contributed by atoms with Gasteiger partial charge in [-0.2, -0.15) is 0 Å². The minimum atomic E-state index is 0.0544. The number of thiocarbonyl (C=S) groups is 1. The summed E-state index contributed by atoms with van der Waals surface area (Å²) in [6.07, 6.45) is 0. The van der Waals surface area contributed by atoms with Crippen molar-refractivity contribution >= 4 is 29.0 Å². The van der Waals surface area contributed by atoms with Crippen LogP contribution in [0.4, 0.5) is 0 Å². The number of hydrogen-bond donors (Lipinski definition) is 1. The zero-order chi connectivity index (χ0) is 9.14. The van der Waals surface area contributed by atoms with Gasteiger partial charge in [0.1, 0.15) is 0 Å². The van der Waals surface area contributed by atoms with E-state index < -0.39 is 0 Å². The third-order valence-corrected chi connectivity index (χ3v) is 3.56. The van der Waals surface area contributed by atoms with Crippen LogP contribution in [0.25, 0.3) is 0 Å². The number of hydrogen-bond acceptors (Lipinski definition) is 3. The summed E-state index contributed by atoms with van der Waals surface area (Å²) in [7, 11) is 0. The first kappa shape index (κ1) is 10.3. The molecule has 70 valence electrons. The molecule has 0 aromatic carbocycles. The van der Waals surface area contributed by atoms with Crippen LogP contribution in [-0.4, -0.2) is 34.1 Å². The molecule has 4 heteroatoms. The largest absolute Gasteiger partial charge is 0.355 e. The van der Waals surface area contributed by atoms with Crippen molar-refractivity contribution in [3.05, 3.63) is 0 Å². The van der Waals surface area contributed by atoms with E-state index in [9.17, 15) is 0 Å². The highest BCUT2D eigenvalue weighted by molar-refractivity contribution is 7.99. The van der Waals surface area contributed by atoms with Crippen LogP contribution in [0.3, 0.4) is 0 Å². The van der Waals surface area contributed by atoms with Crippen LogP contribution in [0.5, 0.6) is 0 Å². The van der Waals surface area contributed by atoms with Gasteiger partial charge >= 0.3 is 0 Å². The molecule has 1 aliphatic heterocycles. The first-order chi connectivity index (χ1) is 5.63. The van der Waals surface area contributed by atoms with E-state index in [0.717, 1.165) is 17.4 Å². The lowest BCUT2D eigenvalue weighted by molar-refractivity contribution is 0.491. The van der Waals surface area contributed by atoms with E-state index in [-0.39, 0.29) is 6.04 Å². The lowest BCUT2D eigenvalue weighted by Gasteiger charge is -2.25. The van der Waals surface area contributed by atoms with Gasteiger partial charge in [0.25, 0.3) is 0 Å². The highest BCUT2D eigenvalue weighted by atomic mass is 32.2. The molecule has 1 heterocycles. The zero-order valence-electron chi connectivity index (χ0n) is 7.62. The second kappa shape index (κ2) is 4.44. The van der Waals surface area contributed by atoms with Crippen molar-refractivity contribution in [1.29, 1.82) is 0 Å². The summed E-state index contributed by atoms with van der Waals surface area (Å²) in [6.45, 7) is 5.30. The molecular weight excluding hydrogens is 188 g/mol. The molecule has 0 radical (unpaired) electrons. The molecule has 1 saturated heterocycles. The fourth-order valence-electron chi connectivity index (χ4n) is 1.08. The van der Waals surface area contributed by atoms with Gasteiger partial charge in [-0.05, 0) is 5.92 Å². The second-order valence-corrected chi connectivity index (χ2v) is 4.90. The van der Waals surface area contributed by atoms with Crippen LogP contribution in [-0.2, 0) is 0 Å². The summed E-state index contributed by atoms with van der Waals surface area (Å²) in [5.74, 6) is 2.66. The Morgan fingerprint density at radius 3 is 2.67 bits per heavy atom.